The van der Waals surface area contributed by atoms with Crippen molar-refractivity contribution < 1.29 is 14.5 Å². The van der Waals surface area contributed by atoms with E-state index in [4.69, 9.17) is 33.2 Å². The Labute approximate surface area is 195 Å². The van der Waals surface area contributed by atoms with E-state index in [0.717, 1.165) is 30.7 Å². The zero-order valence-electron chi connectivity index (χ0n) is 17.3. The van der Waals surface area contributed by atoms with E-state index in [2.05, 4.69) is 21.2 Å². The van der Waals surface area contributed by atoms with Gasteiger partial charge in [-0.25, -0.2) is 0 Å². The highest BCUT2D eigenvalue weighted by atomic mass is 35.5. The standard InChI is InChI=1S/C21H21Cl2N5O4/c1-15(29)32-12-11-27(10-4-2-3-9-24)17-7-5-16(6-8-17)25-26-21-19(22)13-18(28(30)31)14-20(21)23/h5-8,13-14H,2-4,10-12H2,1H3. The van der Waals surface area contributed by atoms with Crippen molar-refractivity contribution in [3.8, 4) is 6.07 Å². The number of halogens is 2. The van der Waals surface area contributed by atoms with Gasteiger partial charge in [-0.05, 0) is 37.1 Å². The first-order valence-corrected chi connectivity index (χ1v) is 10.5. The highest BCUT2D eigenvalue weighted by molar-refractivity contribution is 6.39. The van der Waals surface area contributed by atoms with Crippen molar-refractivity contribution in [2.24, 2.45) is 10.2 Å². The topological polar surface area (TPSA) is 121 Å². The number of unbranched alkanes of at least 4 members (excludes halogenated alkanes) is 2. The van der Waals surface area contributed by atoms with Gasteiger partial charge in [0, 0.05) is 37.7 Å². The number of rotatable bonds is 11. The highest BCUT2D eigenvalue weighted by Gasteiger charge is 2.14. The molecule has 0 aliphatic rings. The van der Waals surface area contributed by atoms with E-state index in [0.29, 0.717) is 25.2 Å². The molecule has 0 aliphatic carbocycles. The van der Waals surface area contributed by atoms with Gasteiger partial charge in [-0.1, -0.05) is 23.2 Å². The molecule has 0 fully saturated rings. The van der Waals surface area contributed by atoms with Gasteiger partial charge < -0.3 is 9.64 Å². The minimum atomic E-state index is -0.592. The first-order valence-electron chi connectivity index (χ1n) is 9.72. The second-order valence-corrected chi connectivity index (χ2v) is 7.49. The van der Waals surface area contributed by atoms with Crippen LogP contribution in [0.2, 0.25) is 10.0 Å². The molecule has 0 N–H and O–H groups in total. The number of benzene rings is 2. The van der Waals surface area contributed by atoms with Crippen LogP contribution < -0.4 is 4.90 Å². The Bertz CT molecular complexity index is 999. The Morgan fingerprint density at radius 3 is 2.38 bits per heavy atom. The summed E-state index contributed by atoms with van der Waals surface area (Å²) < 4.78 is 5.04. The number of hydrogen-bond donors (Lipinski definition) is 0. The van der Waals surface area contributed by atoms with Gasteiger partial charge in [-0.2, -0.15) is 10.4 Å². The van der Waals surface area contributed by atoms with Gasteiger partial charge in [0.15, 0.2) is 0 Å². The molecule has 2 aromatic rings. The van der Waals surface area contributed by atoms with Crippen molar-refractivity contribution in [2.75, 3.05) is 24.6 Å². The van der Waals surface area contributed by atoms with Crippen LogP contribution in [0, 0.1) is 21.4 Å². The molecule has 0 unspecified atom stereocenters. The molecule has 0 radical (unpaired) electrons. The molecule has 0 atom stereocenters. The second-order valence-electron chi connectivity index (χ2n) is 6.67. The Morgan fingerprint density at radius 1 is 1.16 bits per heavy atom. The van der Waals surface area contributed by atoms with E-state index in [-0.39, 0.29) is 34.0 Å². The van der Waals surface area contributed by atoms with Crippen molar-refractivity contribution >= 4 is 51.9 Å². The van der Waals surface area contributed by atoms with Crippen LogP contribution in [0.15, 0.2) is 46.6 Å². The fraction of sp³-hybridized carbons (Fsp3) is 0.333. The molecule has 0 amide bonds. The number of azo groups is 1. The normalized spacial score (nSPS) is 10.7. The van der Waals surface area contributed by atoms with E-state index >= 15 is 0 Å². The number of hydrogen-bond acceptors (Lipinski definition) is 8. The third-order valence-corrected chi connectivity index (χ3v) is 4.90. The predicted octanol–water partition coefficient (Wildman–Crippen LogP) is 6.38. The Hall–Kier alpha value is -3.22. The molecule has 11 heteroatoms. The quantitative estimate of drug-likeness (QED) is 0.121. The Balaban J connectivity index is 2.12. The molecule has 0 saturated heterocycles. The van der Waals surface area contributed by atoms with E-state index in [1.54, 1.807) is 12.1 Å². The number of nitro benzene ring substituents is 1. The number of non-ortho nitro benzene ring substituents is 1. The van der Waals surface area contributed by atoms with Gasteiger partial charge in [-0.3, -0.25) is 14.9 Å². The summed E-state index contributed by atoms with van der Waals surface area (Å²) in [5, 5.41) is 27.8. The lowest BCUT2D eigenvalue weighted by molar-refractivity contribution is -0.384. The van der Waals surface area contributed by atoms with Crippen LogP contribution in [0.4, 0.5) is 22.7 Å². The lowest BCUT2D eigenvalue weighted by Crippen LogP contribution is -2.29. The van der Waals surface area contributed by atoms with Crippen LogP contribution in [0.5, 0.6) is 0 Å². The largest absolute Gasteiger partial charge is 0.464 e. The number of carbonyl (C=O) groups excluding carboxylic acids is 1. The summed E-state index contributed by atoms with van der Waals surface area (Å²) in [6, 6.07) is 11.7. The summed E-state index contributed by atoms with van der Waals surface area (Å²) in [6.07, 6.45) is 2.10. The van der Waals surface area contributed by atoms with Gasteiger partial charge in [0.1, 0.15) is 12.3 Å². The Morgan fingerprint density at radius 2 is 1.81 bits per heavy atom. The minimum absolute atomic E-state index is 0.0265. The number of carbonyl (C=O) groups is 1. The lowest BCUT2D eigenvalue weighted by Gasteiger charge is -2.24. The third-order valence-electron chi connectivity index (χ3n) is 4.33. The summed E-state index contributed by atoms with van der Waals surface area (Å²) in [4.78, 5) is 23.4. The van der Waals surface area contributed by atoms with Gasteiger partial charge in [0.25, 0.3) is 5.69 Å². The minimum Gasteiger partial charge on any atom is -0.464 e. The monoisotopic (exact) mass is 477 g/mol. The van der Waals surface area contributed by atoms with Crippen LogP contribution in [0.25, 0.3) is 0 Å². The third kappa shape index (κ3) is 7.80. The van der Waals surface area contributed by atoms with Crippen LogP contribution in [-0.4, -0.2) is 30.6 Å². The second kappa shape index (κ2) is 12.6. The lowest BCUT2D eigenvalue weighted by atomic mass is 10.2. The van der Waals surface area contributed by atoms with Crippen LogP contribution in [0.1, 0.15) is 26.2 Å². The molecule has 168 valence electrons. The maximum absolute atomic E-state index is 11.0. The number of nitrogens with zero attached hydrogens (tertiary/aromatic N) is 5. The molecular weight excluding hydrogens is 457 g/mol. The average Bonchev–Trinajstić information content (AvgIpc) is 2.75. The molecule has 0 aromatic heterocycles. The molecule has 0 saturated carbocycles. The van der Waals surface area contributed by atoms with Crippen molar-refractivity contribution in [1.29, 1.82) is 5.26 Å². The fourth-order valence-electron chi connectivity index (χ4n) is 2.77. The van der Waals surface area contributed by atoms with Crippen molar-refractivity contribution in [3.63, 3.8) is 0 Å². The van der Waals surface area contributed by atoms with Crippen molar-refractivity contribution in [3.05, 3.63) is 56.6 Å². The summed E-state index contributed by atoms with van der Waals surface area (Å²) in [6.45, 7) is 2.84. The first-order chi connectivity index (χ1) is 15.3. The zero-order valence-corrected chi connectivity index (χ0v) is 18.8. The van der Waals surface area contributed by atoms with Gasteiger partial charge in [-0.15, -0.1) is 5.11 Å². The molecule has 2 aromatic carbocycles. The summed E-state index contributed by atoms with van der Waals surface area (Å²) in [5.41, 5.74) is 1.35. The first kappa shape index (κ1) is 25.0. The molecule has 0 aliphatic heterocycles. The van der Waals surface area contributed by atoms with E-state index in [9.17, 15) is 14.9 Å². The predicted molar refractivity (Wildman–Crippen MR) is 122 cm³/mol. The molecular formula is C21H21Cl2N5O4. The average molecular weight is 478 g/mol. The summed E-state index contributed by atoms with van der Waals surface area (Å²) in [5.74, 6) is -0.339. The number of esters is 1. The van der Waals surface area contributed by atoms with Crippen LogP contribution >= 0.6 is 23.2 Å². The fourth-order valence-corrected chi connectivity index (χ4v) is 3.32. The highest BCUT2D eigenvalue weighted by Crippen LogP contribution is 2.37. The van der Waals surface area contributed by atoms with E-state index < -0.39 is 4.92 Å². The van der Waals surface area contributed by atoms with Crippen LogP contribution in [-0.2, 0) is 9.53 Å². The smallest absolute Gasteiger partial charge is 0.302 e. The number of ether oxygens (including phenoxy) is 1. The van der Waals surface area contributed by atoms with Crippen molar-refractivity contribution in [2.45, 2.75) is 26.2 Å². The molecule has 2 rings (SSSR count). The summed E-state index contributed by atoms with van der Waals surface area (Å²) in [7, 11) is 0. The summed E-state index contributed by atoms with van der Waals surface area (Å²) >= 11 is 12.1. The molecule has 0 spiro atoms. The number of nitro groups is 1. The maximum Gasteiger partial charge on any atom is 0.302 e. The van der Waals surface area contributed by atoms with E-state index in [1.165, 1.54) is 6.92 Å². The zero-order chi connectivity index (χ0) is 23.5. The Kier molecular flexibility index (Phi) is 9.85. The van der Waals surface area contributed by atoms with Gasteiger partial charge >= 0.3 is 5.97 Å². The molecule has 32 heavy (non-hydrogen) atoms. The van der Waals surface area contributed by atoms with Crippen molar-refractivity contribution in [1.82, 2.24) is 0 Å². The maximum atomic E-state index is 11.0. The number of nitriles is 1. The molecule has 0 bridgehead atoms. The van der Waals surface area contributed by atoms with E-state index in [1.807, 2.05) is 12.1 Å². The van der Waals surface area contributed by atoms with Gasteiger partial charge in [0.2, 0.25) is 0 Å². The SMILES string of the molecule is CC(=O)OCCN(CCCCC#N)c1ccc(N=Nc2c(Cl)cc([N+](=O)[O-])cc2Cl)cc1. The molecule has 0 heterocycles. The van der Waals surface area contributed by atoms with Crippen LogP contribution in [0.3, 0.4) is 0 Å². The molecule has 9 nitrogen and oxygen atoms in total. The number of anilines is 1. The van der Waals surface area contributed by atoms with Gasteiger partial charge in [0.05, 0.1) is 33.3 Å².